The molecule has 1 aromatic rings. The minimum absolute atomic E-state index is 0.301. The van der Waals surface area contributed by atoms with Gasteiger partial charge in [-0.05, 0) is 40.0 Å². The standard InChI is InChI=1S/C11H14BrNO2/c1-14-10-4-6(7-5-9(7)13)3-8(12)11(10)15-2/h3-4,7,9H,5,13H2,1-2H3/t7-,9+/m0/s1. The zero-order valence-electron chi connectivity index (χ0n) is 8.79. The van der Waals surface area contributed by atoms with Crippen LogP contribution in [0.4, 0.5) is 0 Å². The van der Waals surface area contributed by atoms with Crippen LogP contribution in [0.1, 0.15) is 17.9 Å². The molecular weight excluding hydrogens is 258 g/mol. The van der Waals surface area contributed by atoms with E-state index in [1.54, 1.807) is 14.2 Å². The number of hydrogen-bond donors (Lipinski definition) is 1. The van der Waals surface area contributed by atoms with Gasteiger partial charge < -0.3 is 15.2 Å². The predicted molar refractivity (Wildman–Crippen MR) is 62.6 cm³/mol. The van der Waals surface area contributed by atoms with E-state index < -0.39 is 0 Å². The van der Waals surface area contributed by atoms with Crippen molar-refractivity contribution in [2.45, 2.75) is 18.4 Å². The molecule has 82 valence electrons. The highest BCUT2D eigenvalue weighted by atomic mass is 79.9. The second kappa shape index (κ2) is 4.02. The fourth-order valence-electron chi connectivity index (χ4n) is 1.75. The molecule has 0 amide bonds. The molecule has 1 saturated carbocycles. The topological polar surface area (TPSA) is 44.5 Å². The van der Waals surface area contributed by atoms with Gasteiger partial charge in [0.2, 0.25) is 0 Å². The number of halogens is 1. The maximum atomic E-state index is 5.82. The quantitative estimate of drug-likeness (QED) is 0.918. The SMILES string of the molecule is COc1cc([C@@H]2C[C@H]2N)cc(Br)c1OC. The van der Waals surface area contributed by atoms with Crippen molar-refractivity contribution in [3.63, 3.8) is 0 Å². The van der Waals surface area contributed by atoms with Gasteiger partial charge in [-0.2, -0.15) is 0 Å². The van der Waals surface area contributed by atoms with Gasteiger partial charge >= 0.3 is 0 Å². The molecule has 0 bridgehead atoms. The summed E-state index contributed by atoms with van der Waals surface area (Å²) in [5.41, 5.74) is 7.04. The molecular formula is C11H14BrNO2. The summed E-state index contributed by atoms with van der Waals surface area (Å²) in [7, 11) is 3.27. The normalized spacial score (nSPS) is 23.7. The lowest BCUT2D eigenvalue weighted by molar-refractivity contribution is 0.352. The van der Waals surface area contributed by atoms with Gasteiger partial charge in [-0.15, -0.1) is 0 Å². The Balaban J connectivity index is 2.39. The minimum atomic E-state index is 0.301. The van der Waals surface area contributed by atoms with E-state index in [0.29, 0.717) is 12.0 Å². The average Bonchev–Trinajstić information content (AvgIpc) is 2.94. The highest BCUT2D eigenvalue weighted by Gasteiger charge is 2.35. The van der Waals surface area contributed by atoms with Crippen molar-refractivity contribution in [3.8, 4) is 11.5 Å². The fourth-order valence-corrected chi connectivity index (χ4v) is 2.37. The maximum absolute atomic E-state index is 5.82. The molecule has 15 heavy (non-hydrogen) atoms. The van der Waals surface area contributed by atoms with E-state index in [1.165, 1.54) is 5.56 Å². The summed E-state index contributed by atoms with van der Waals surface area (Å²) in [6.45, 7) is 0. The van der Waals surface area contributed by atoms with Crippen LogP contribution in [-0.4, -0.2) is 20.3 Å². The van der Waals surface area contributed by atoms with E-state index in [4.69, 9.17) is 15.2 Å². The third-order valence-corrected chi connectivity index (χ3v) is 3.31. The number of ether oxygens (including phenoxy) is 2. The summed E-state index contributed by atoms with van der Waals surface area (Å²) in [5, 5.41) is 0. The Morgan fingerprint density at radius 2 is 2.00 bits per heavy atom. The van der Waals surface area contributed by atoms with Crippen LogP contribution in [0.2, 0.25) is 0 Å². The van der Waals surface area contributed by atoms with Crippen molar-refractivity contribution < 1.29 is 9.47 Å². The number of rotatable bonds is 3. The molecule has 0 radical (unpaired) electrons. The lowest BCUT2D eigenvalue weighted by Crippen LogP contribution is -2.01. The Hall–Kier alpha value is -0.740. The van der Waals surface area contributed by atoms with Crippen molar-refractivity contribution in [2.24, 2.45) is 5.73 Å². The average molecular weight is 272 g/mol. The molecule has 0 heterocycles. The van der Waals surface area contributed by atoms with Crippen LogP contribution < -0.4 is 15.2 Å². The van der Waals surface area contributed by atoms with Crippen LogP contribution >= 0.6 is 15.9 Å². The molecule has 2 N–H and O–H groups in total. The van der Waals surface area contributed by atoms with E-state index in [2.05, 4.69) is 22.0 Å². The molecule has 1 aliphatic rings. The Morgan fingerprint density at radius 1 is 1.33 bits per heavy atom. The Labute approximate surface area is 97.7 Å². The first-order chi connectivity index (χ1) is 7.17. The zero-order valence-corrected chi connectivity index (χ0v) is 10.4. The fraction of sp³-hybridized carbons (Fsp3) is 0.455. The second-order valence-corrected chi connectivity index (χ2v) is 4.60. The smallest absolute Gasteiger partial charge is 0.174 e. The van der Waals surface area contributed by atoms with Crippen molar-refractivity contribution in [1.82, 2.24) is 0 Å². The largest absolute Gasteiger partial charge is 0.493 e. The molecule has 1 fully saturated rings. The van der Waals surface area contributed by atoms with Crippen LogP contribution in [0.25, 0.3) is 0 Å². The van der Waals surface area contributed by atoms with Crippen molar-refractivity contribution >= 4 is 15.9 Å². The van der Waals surface area contributed by atoms with Gasteiger partial charge in [0.15, 0.2) is 11.5 Å². The number of methoxy groups -OCH3 is 2. The molecule has 2 rings (SSSR count). The molecule has 3 nitrogen and oxygen atoms in total. The third kappa shape index (κ3) is 1.96. The first-order valence-electron chi connectivity index (χ1n) is 4.84. The van der Waals surface area contributed by atoms with Crippen molar-refractivity contribution in [2.75, 3.05) is 14.2 Å². The van der Waals surface area contributed by atoms with E-state index in [-0.39, 0.29) is 0 Å². The number of nitrogens with two attached hydrogens (primary N) is 1. The van der Waals surface area contributed by atoms with Crippen LogP contribution in [-0.2, 0) is 0 Å². The highest BCUT2D eigenvalue weighted by molar-refractivity contribution is 9.10. The van der Waals surface area contributed by atoms with Gasteiger partial charge in [-0.25, -0.2) is 0 Å². The lowest BCUT2D eigenvalue weighted by Gasteiger charge is -2.11. The number of hydrogen-bond acceptors (Lipinski definition) is 3. The molecule has 1 aliphatic carbocycles. The van der Waals surface area contributed by atoms with Gasteiger partial charge in [-0.3, -0.25) is 0 Å². The molecule has 4 heteroatoms. The van der Waals surface area contributed by atoms with E-state index in [0.717, 1.165) is 22.4 Å². The first-order valence-corrected chi connectivity index (χ1v) is 5.63. The van der Waals surface area contributed by atoms with Crippen molar-refractivity contribution in [1.29, 1.82) is 0 Å². The van der Waals surface area contributed by atoms with Gasteiger partial charge in [0.1, 0.15) is 0 Å². The second-order valence-electron chi connectivity index (χ2n) is 3.74. The van der Waals surface area contributed by atoms with E-state index in [1.807, 2.05) is 6.07 Å². The third-order valence-electron chi connectivity index (χ3n) is 2.72. The predicted octanol–water partition coefficient (Wildman–Crippen LogP) is 2.28. The van der Waals surface area contributed by atoms with Gasteiger partial charge in [0.25, 0.3) is 0 Å². The van der Waals surface area contributed by atoms with Crippen LogP contribution in [0, 0.1) is 0 Å². The lowest BCUT2D eigenvalue weighted by atomic mass is 10.1. The van der Waals surface area contributed by atoms with E-state index >= 15 is 0 Å². The Kier molecular flexibility index (Phi) is 2.89. The Morgan fingerprint density at radius 3 is 2.47 bits per heavy atom. The summed E-state index contributed by atoms with van der Waals surface area (Å²) in [6.07, 6.45) is 1.06. The van der Waals surface area contributed by atoms with Crippen LogP contribution in [0.3, 0.4) is 0 Å². The van der Waals surface area contributed by atoms with Crippen LogP contribution in [0.15, 0.2) is 16.6 Å². The van der Waals surface area contributed by atoms with Gasteiger partial charge in [-0.1, -0.05) is 0 Å². The molecule has 1 aromatic carbocycles. The first kappa shape index (κ1) is 10.8. The molecule has 0 spiro atoms. The molecule has 0 saturated heterocycles. The molecule has 2 atom stereocenters. The minimum Gasteiger partial charge on any atom is -0.493 e. The summed E-state index contributed by atoms with van der Waals surface area (Å²) in [5.74, 6) is 1.96. The zero-order chi connectivity index (χ0) is 11.0. The summed E-state index contributed by atoms with van der Waals surface area (Å²) in [6, 6.07) is 4.36. The Bertz CT molecular complexity index is 381. The van der Waals surface area contributed by atoms with Gasteiger partial charge in [0, 0.05) is 12.0 Å². The van der Waals surface area contributed by atoms with E-state index in [9.17, 15) is 0 Å². The summed E-state index contributed by atoms with van der Waals surface area (Å²) >= 11 is 3.47. The molecule has 0 aliphatic heterocycles. The van der Waals surface area contributed by atoms with Crippen LogP contribution in [0.5, 0.6) is 11.5 Å². The molecule has 0 aromatic heterocycles. The monoisotopic (exact) mass is 271 g/mol. The highest BCUT2D eigenvalue weighted by Crippen LogP contribution is 2.45. The maximum Gasteiger partial charge on any atom is 0.174 e. The number of benzene rings is 1. The van der Waals surface area contributed by atoms with Crippen molar-refractivity contribution in [3.05, 3.63) is 22.2 Å². The summed E-state index contributed by atoms with van der Waals surface area (Å²) in [4.78, 5) is 0. The molecule has 0 unspecified atom stereocenters. The summed E-state index contributed by atoms with van der Waals surface area (Å²) < 4.78 is 11.4. The van der Waals surface area contributed by atoms with Gasteiger partial charge in [0.05, 0.1) is 18.7 Å².